The van der Waals surface area contributed by atoms with E-state index in [4.69, 9.17) is 5.73 Å². The monoisotopic (exact) mass is 229 g/mol. The van der Waals surface area contributed by atoms with Crippen LogP contribution in [0.25, 0.3) is 11.3 Å². The predicted molar refractivity (Wildman–Crippen MR) is 70.7 cm³/mol. The van der Waals surface area contributed by atoms with E-state index < -0.39 is 0 Å². The molecule has 0 radical (unpaired) electrons. The van der Waals surface area contributed by atoms with Crippen molar-refractivity contribution in [1.29, 1.82) is 0 Å². The minimum atomic E-state index is 0.388. The standard InChI is InChI=1S/C14H19N3/c1-9(2)14-16-12(8-15)13(17-14)11-6-4-10(3)5-7-11/h4-7,9H,8,15H2,1-3H3,(H,16,17). The van der Waals surface area contributed by atoms with E-state index in [9.17, 15) is 0 Å². The average Bonchev–Trinajstić information content (AvgIpc) is 2.74. The van der Waals surface area contributed by atoms with Crippen LogP contribution in [-0.4, -0.2) is 9.97 Å². The average molecular weight is 229 g/mol. The molecule has 0 spiro atoms. The SMILES string of the molecule is Cc1ccc(-c2nc(C(C)C)[nH]c2CN)cc1. The van der Waals surface area contributed by atoms with Gasteiger partial charge >= 0.3 is 0 Å². The summed E-state index contributed by atoms with van der Waals surface area (Å²) in [6.45, 7) is 6.82. The molecule has 2 rings (SSSR count). The number of H-pyrrole nitrogens is 1. The van der Waals surface area contributed by atoms with E-state index in [1.807, 2.05) is 0 Å². The number of hydrogen-bond donors (Lipinski definition) is 2. The van der Waals surface area contributed by atoms with Gasteiger partial charge in [-0.2, -0.15) is 0 Å². The van der Waals surface area contributed by atoms with Crippen molar-refractivity contribution in [2.24, 2.45) is 5.73 Å². The number of aromatic nitrogens is 2. The molecule has 17 heavy (non-hydrogen) atoms. The first-order chi connectivity index (χ1) is 8.11. The Bertz CT molecular complexity index is 495. The maximum Gasteiger partial charge on any atom is 0.109 e. The number of aromatic amines is 1. The summed E-state index contributed by atoms with van der Waals surface area (Å²) in [5.74, 6) is 1.39. The second kappa shape index (κ2) is 4.72. The van der Waals surface area contributed by atoms with Crippen LogP contribution in [-0.2, 0) is 6.54 Å². The second-order valence-corrected chi connectivity index (χ2v) is 4.67. The van der Waals surface area contributed by atoms with E-state index in [1.54, 1.807) is 0 Å². The van der Waals surface area contributed by atoms with Crippen LogP contribution in [0, 0.1) is 6.92 Å². The summed E-state index contributed by atoms with van der Waals surface area (Å²) in [6.07, 6.45) is 0. The molecule has 0 bridgehead atoms. The molecular weight excluding hydrogens is 210 g/mol. The van der Waals surface area contributed by atoms with Crippen LogP contribution in [0.5, 0.6) is 0 Å². The highest BCUT2D eigenvalue weighted by Crippen LogP contribution is 2.24. The molecule has 1 aromatic carbocycles. The lowest BCUT2D eigenvalue weighted by Crippen LogP contribution is -1.99. The lowest BCUT2D eigenvalue weighted by atomic mass is 10.1. The second-order valence-electron chi connectivity index (χ2n) is 4.67. The molecule has 0 saturated heterocycles. The summed E-state index contributed by atoms with van der Waals surface area (Å²) in [7, 11) is 0. The van der Waals surface area contributed by atoms with Crippen molar-refractivity contribution in [1.82, 2.24) is 9.97 Å². The van der Waals surface area contributed by atoms with Crippen LogP contribution in [0.15, 0.2) is 24.3 Å². The van der Waals surface area contributed by atoms with Gasteiger partial charge in [0, 0.05) is 18.0 Å². The number of imidazole rings is 1. The van der Waals surface area contributed by atoms with Gasteiger partial charge in [0.2, 0.25) is 0 Å². The minimum Gasteiger partial charge on any atom is -0.344 e. The van der Waals surface area contributed by atoms with Crippen molar-refractivity contribution in [3.8, 4) is 11.3 Å². The number of hydrogen-bond acceptors (Lipinski definition) is 2. The van der Waals surface area contributed by atoms with Crippen LogP contribution >= 0.6 is 0 Å². The zero-order chi connectivity index (χ0) is 12.4. The number of benzene rings is 1. The Morgan fingerprint density at radius 3 is 2.41 bits per heavy atom. The lowest BCUT2D eigenvalue weighted by molar-refractivity contribution is 0.788. The molecule has 3 nitrogen and oxygen atoms in total. The third-order valence-electron chi connectivity index (χ3n) is 2.87. The van der Waals surface area contributed by atoms with Crippen LogP contribution in [0.3, 0.4) is 0 Å². The molecule has 3 heteroatoms. The topological polar surface area (TPSA) is 54.7 Å². The highest BCUT2D eigenvalue weighted by atomic mass is 15.0. The van der Waals surface area contributed by atoms with Crippen LogP contribution in [0.4, 0.5) is 0 Å². The summed E-state index contributed by atoms with van der Waals surface area (Å²) in [5.41, 5.74) is 10.1. The fourth-order valence-electron chi connectivity index (χ4n) is 1.80. The van der Waals surface area contributed by atoms with Crippen LogP contribution < -0.4 is 5.73 Å². The molecule has 1 aromatic heterocycles. The van der Waals surface area contributed by atoms with E-state index in [-0.39, 0.29) is 0 Å². The number of nitrogens with one attached hydrogen (secondary N) is 1. The molecule has 2 aromatic rings. The van der Waals surface area contributed by atoms with E-state index in [0.717, 1.165) is 22.8 Å². The molecule has 90 valence electrons. The Labute approximate surface area is 102 Å². The predicted octanol–water partition coefficient (Wildman–Crippen LogP) is 2.97. The molecule has 0 atom stereocenters. The van der Waals surface area contributed by atoms with Gasteiger partial charge in [0.1, 0.15) is 5.82 Å². The summed E-state index contributed by atoms with van der Waals surface area (Å²) >= 11 is 0. The number of rotatable bonds is 3. The molecule has 0 unspecified atom stereocenters. The molecule has 0 amide bonds. The number of nitrogens with two attached hydrogens (primary N) is 1. The molecule has 0 aliphatic carbocycles. The van der Waals surface area contributed by atoms with Gasteiger partial charge in [0.25, 0.3) is 0 Å². The molecule has 0 fully saturated rings. The fraction of sp³-hybridized carbons (Fsp3) is 0.357. The summed E-state index contributed by atoms with van der Waals surface area (Å²) in [4.78, 5) is 7.95. The summed E-state index contributed by atoms with van der Waals surface area (Å²) < 4.78 is 0. The van der Waals surface area contributed by atoms with E-state index in [0.29, 0.717) is 12.5 Å². The third kappa shape index (κ3) is 2.39. The van der Waals surface area contributed by atoms with Crippen LogP contribution in [0.1, 0.15) is 36.8 Å². The smallest absolute Gasteiger partial charge is 0.109 e. The summed E-state index contributed by atoms with van der Waals surface area (Å²) in [6, 6.07) is 8.38. The lowest BCUT2D eigenvalue weighted by Gasteiger charge is -2.00. The van der Waals surface area contributed by atoms with Crippen molar-refractivity contribution >= 4 is 0 Å². The maximum atomic E-state index is 5.76. The van der Waals surface area contributed by atoms with Gasteiger partial charge in [0.05, 0.1) is 11.4 Å². The van der Waals surface area contributed by atoms with Crippen molar-refractivity contribution in [2.75, 3.05) is 0 Å². The Morgan fingerprint density at radius 1 is 1.24 bits per heavy atom. The first-order valence-corrected chi connectivity index (χ1v) is 5.97. The molecule has 1 heterocycles. The van der Waals surface area contributed by atoms with Crippen LogP contribution in [0.2, 0.25) is 0 Å². The molecule has 0 aliphatic heterocycles. The Kier molecular flexibility index (Phi) is 3.29. The van der Waals surface area contributed by atoms with Gasteiger partial charge in [-0.3, -0.25) is 0 Å². The van der Waals surface area contributed by atoms with E-state index in [1.165, 1.54) is 5.56 Å². The summed E-state index contributed by atoms with van der Waals surface area (Å²) in [5, 5.41) is 0. The molecule has 0 aliphatic rings. The fourth-order valence-corrected chi connectivity index (χ4v) is 1.80. The van der Waals surface area contributed by atoms with E-state index in [2.05, 4.69) is 55.0 Å². The first-order valence-electron chi connectivity index (χ1n) is 5.97. The van der Waals surface area contributed by atoms with Gasteiger partial charge in [-0.25, -0.2) is 4.98 Å². The van der Waals surface area contributed by atoms with Gasteiger partial charge in [-0.15, -0.1) is 0 Å². The zero-order valence-electron chi connectivity index (χ0n) is 10.6. The molecule has 3 N–H and O–H groups in total. The third-order valence-corrected chi connectivity index (χ3v) is 2.87. The van der Waals surface area contributed by atoms with Gasteiger partial charge < -0.3 is 10.7 Å². The van der Waals surface area contributed by atoms with Gasteiger partial charge in [0.15, 0.2) is 0 Å². The Morgan fingerprint density at radius 2 is 1.88 bits per heavy atom. The molecular formula is C14H19N3. The first kappa shape index (κ1) is 11.9. The van der Waals surface area contributed by atoms with Crippen molar-refractivity contribution in [2.45, 2.75) is 33.2 Å². The quantitative estimate of drug-likeness (QED) is 0.850. The zero-order valence-corrected chi connectivity index (χ0v) is 10.6. The normalized spacial score (nSPS) is 11.1. The van der Waals surface area contributed by atoms with Gasteiger partial charge in [-0.1, -0.05) is 43.7 Å². The highest BCUT2D eigenvalue weighted by molar-refractivity contribution is 5.62. The van der Waals surface area contributed by atoms with Crippen molar-refractivity contribution in [3.63, 3.8) is 0 Å². The van der Waals surface area contributed by atoms with Gasteiger partial charge in [-0.05, 0) is 6.92 Å². The van der Waals surface area contributed by atoms with Crippen molar-refractivity contribution < 1.29 is 0 Å². The molecule has 0 saturated carbocycles. The largest absolute Gasteiger partial charge is 0.344 e. The minimum absolute atomic E-state index is 0.388. The maximum absolute atomic E-state index is 5.76. The van der Waals surface area contributed by atoms with E-state index >= 15 is 0 Å². The number of aryl methyl sites for hydroxylation is 1. The Balaban J connectivity index is 2.46. The highest BCUT2D eigenvalue weighted by Gasteiger charge is 2.12. The van der Waals surface area contributed by atoms with Crippen molar-refractivity contribution in [3.05, 3.63) is 41.3 Å². The number of nitrogens with zero attached hydrogens (tertiary/aromatic N) is 1. The Hall–Kier alpha value is -1.61.